The molecule has 2 heterocycles. The molecule has 0 saturated carbocycles. The molecule has 0 bridgehead atoms. The summed E-state index contributed by atoms with van der Waals surface area (Å²) in [6.07, 6.45) is 2.49. The summed E-state index contributed by atoms with van der Waals surface area (Å²) < 4.78 is 5.17. The van der Waals surface area contributed by atoms with E-state index in [9.17, 15) is 4.79 Å². The molecule has 1 aliphatic rings. The number of ether oxygens (including phenoxy) is 1. The fraction of sp³-hybridized carbons (Fsp3) is 0.571. The Kier molecular flexibility index (Phi) is 4.04. The van der Waals surface area contributed by atoms with Crippen LogP contribution < -0.4 is 10.6 Å². The minimum atomic E-state index is -0.500. The van der Waals surface area contributed by atoms with Crippen LogP contribution in [-0.4, -0.2) is 29.8 Å². The van der Waals surface area contributed by atoms with E-state index in [-0.39, 0.29) is 0 Å². The molecule has 0 aliphatic carbocycles. The van der Waals surface area contributed by atoms with Gasteiger partial charge in [-0.2, -0.15) is 0 Å². The third-order valence-electron chi connectivity index (χ3n) is 2.95. The number of nitrogens with zero attached hydrogens (tertiary/aromatic N) is 1. The van der Waals surface area contributed by atoms with E-state index in [2.05, 4.69) is 15.6 Å². The van der Waals surface area contributed by atoms with E-state index >= 15 is 0 Å². The van der Waals surface area contributed by atoms with Crippen LogP contribution in [0, 0.1) is 0 Å². The maximum Gasteiger partial charge on any atom is 0.413 e. The van der Waals surface area contributed by atoms with Crippen molar-refractivity contribution in [3.05, 3.63) is 23.9 Å². The van der Waals surface area contributed by atoms with Gasteiger partial charge in [0.25, 0.3) is 0 Å². The summed E-state index contributed by atoms with van der Waals surface area (Å²) in [5.41, 5.74) is 0.708. The third-order valence-corrected chi connectivity index (χ3v) is 2.95. The van der Waals surface area contributed by atoms with Crippen molar-refractivity contribution >= 4 is 11.9 Å². The highest BCUT2D eigenvalue weighted by molar-refractivity contribution is 5.83. The summed E-state index contributed by atoms with van der Waals surface area (Å²) in [5.74, 6) is 1.05. The summed E-state index contributed by atoms with van der Waals surface area (Å²) >= 11 is 0. The highest BCUT2D eigenvalue weighted by Crippen LogP contribution is 2.22. The highest BCUT2D eigenvalue weighted by atomic mass is 16.6. The molecule has 1 amide bonds. The molecule has 2 N–H and O–H groups in total. The van der Waals surface area contributed by atoms with Gasteiger partial charge in [-0.3, -0.25) is 5.32 Å². The van der Waals surface area contributed by atoms with Gasteiger partial charge in [-0.15, -0.1) is 0 Å². The number of amides is 1. The first-order chi connectivity index (χ1) is 8.94. The van der Waals surface area contributed by atoms with E-state index in [0.29, 0.717) is 11.7 Å². The van der Waals surface area contributed by atoms with Gasteiger partial charge >= 0.3 is 6.09 Å². The molecule has 104 valence electrons. The van der Waals surface area contributed by atoms with Crippen LogP contribution >= 0.6 is 0 Å². The van der Waals surface area contributed by atoms with Gasteiger partial charge < -0.3 is 10.1 Å². The molecule has 5 nitrogen and oxygen atoms in total. The van der Waals surface area contributed by atoms with Crippen LogP contribution in [0.4, 0.5) is 10.6 Å². The molecule has 1 atom stereocenters. The van der Waals surface area contributed by atoms with Gasteiger partial charge in [0.05, 0.1) is 0 Å². The molecule has 0 spiro atoms. The average Bonchev–Trinajstić information content (AvgIpc) is 2.80. The van der Waals surface area contributed by atoms with Crippen LogP contribution in [0.2, 0.25) is 0 Å². The number of hydrogen-bond donors (Lipinski definition) is 2. The number of rotatable bonds is 2. The summed E-state index contributed by atoms with van der Waals surface area (Å²) in [7, 11) is 0. The topological polar surface area (TPSA) is 63.2 Å². The number of aromatic nitrogens is 1. The molecule has 1 fully saturated rings. The van der Waals surface area contributed by atoms with E-state index in [1.807, 2.05) is 39.1 Å². The summed E-state index contributed by atoms with van der Waals surface area (Å²) in [6, 6.07) is 3.83. The molecule has 1 aromatic rings. The van der Waals surface area contributed by atoms with E-state index < -0.39 is 11.7 Å². The number of pyridine rings is 1. The van der Waals surface area contributed by atoms with Gasteiger partial charge in [-0.25, -0.2) is 9.78 Å². The van der Waals surface area contributed by atoms with Gasteiger partial charge in [0.2, 0.25) is 0 Å². The second-order valence-corrected chi connectivity index (χ2v) is 5.79. The third kappa shape index (κ3) is 4.21. The number of carbonyl (C=O) groups excluding carboxylic acids is 1. The number of anilines is 1. The van der Waals surface area contributed by atoms with Gasteiger partial charge in [0.1, 0.15) is 11.4 Å². The minimum absolute atomic E-state index is 0.477. The second-order valence-electron chi connectivity index (χ2n) is 5.79. The Hall–Kier alpha value is -1.62. The molecule has 0 aromatic carbocycles. The van der Waals surface area contributed by atoms with Crippen molar-refractivity contribution in [1.29, 1.82) is 0 Å². The lowest BCUT2D eigenvalue weighted by molar-refractivity contribution is 0.0635. The van der Waals surface area contributed by atoms with E-state index in [4.69, 9.17) is 4.74 Å². The van der Waals surface area contributed by atoms with Gasteiger partial charge in [0, 0.05) is 12.7 Å². The smallest absolute Gasteiger partial charge is 0.413 e. The van der Waals surface area contributed by atoms with Crippen LogP contribution in [0.1, 0.15) is 38.7 Å². The lowest BCUT2D eigenvalue weighted by Crippen LogP contribution is -2.27. The first-order valence-corrected chi connectivity index (χ1v) is 6.61. The summed E-state index contributed by atoms with van der Waals surface area (Å²) in [5, 5.41) is 5.95. The highest BCUT2D eigenvalue weighted by Gasteiger charge is 2.18. The minimum Gasteiger partial charge on any atom is -0.444 e. The Morgan fingerprint density at radius 3 is 2.79 bits per heavy atom. The van der Waals surface area contributed by atoms with Crippen molar-refractivity contribution in [1.82, 2.24) is 10.3 Å². The summed E-state index contributed by atoms with van der Waals surface area (Å²) in [4.78, 5) is 15.8. The zero-order valence-corrected chi connectivity index (χ0v) is 11.7. The normalized spacial score (nSPS) is 19.2. The fourth-order valence-electron chi connectivity index (χ4n) is 2.07. The van der Waals surface area contributed by atoms with Crippen LogP contribution in [0.3, 0.4) is 0 Å². The Bertz CT molecular complexity index is 431. The van der Waals surface area contributed by atoms with E-state index in [1.54, 1.807) is 0 Å². The van der Waals surface area contributed by atoms with Gasteiger partial charge in [-0.05, 0) is 51.3 Å². The zero-order valence-electron chi connectivity index (χ0n) is 11.7. The SMILES string of the molecule is CC(C)(C)OC(=O)Nc1ccc(C2CCNC2)cn1. The molecular weight excluding hydrogens is 242 g/mol. The maximum absolute atomic E-state index is 11.6. The van der Waals surface area contributed by atoms with Gasteiger partial charge in [0.15, 0.2) is 0 Å². The monoisotopic (exact) mass is 263 g/mol. The lowest BCUT2D eigenvalue weighted by atomic mass is 10.0. The molecule has 1 aromatic heterocycles. The molecular formula is C14H21N3O2. The lowest BCUT2D eigenvalue weighted by Gasteiger charge is -2.19. The first kappa shape index (κ1) is 13.8. The van der Waals surface area contributed by atoms with E-state index in [0.717, 1.165) is 19.5 Å². The second kappa shape index (κ2) is 5.57. The van der Waals surface area contributed by atoms with Crippen molar-refractivity contribution < 1.29 is 9.53 Å². The van der Waals surface area contributed by atoms with Gasteiger partial charge in [-0.1, -0.05) is 6.07 Å². The largest absolute Gasteiger partial charge is 0.444 e. The van der Waals surface area contributed by atoms with Crippen molar-refractivity contribution in [2.24, 2.45) is 0 Å². The van der Waals surface area contributed by atoms with E-state index in [1.165, 1.54) is 5.56 Å². The number of nitrogens with one attached hydrogen (secondary N) is 2. The van der Waals surface area contributed by atoms with Crippen molar-refractivity contribution in [3.8, 4) is 0 Å². The van der Waals surface area contributed by atoms with Crippen molar-refractivity contribution in [2.75, 3.05) is 18.4 Å². The van der Waals surface area contributed by atoms with Crippen LogP contribution in [0.5, 0.6) is 0 Å². The Labute approximate surface area is 113 Å². The standard InChI is InChI=1S/C14H21N3O2/c1-14(2,3)19-13(18)17-12-5-4-10(9-16-12)11-6-7-15-8-11/h4-5,9,11,15H,6-8H2,1-3H3,(H,16,17,18). The molecule has 1 aliphatic heterocycles. The number of hydrogen-bond acceptors (Lipinski definition) is 4. The van der Waals surface area contributed by atoms with Crippen LogP contribution in [0.15, 0.2) is 18.3 Å². The molecule has 0 radical (unpaired) electrons. The predicted octanol–water partition coefficient (Wildman–Crippen LogP) is 2.51. The quantitative estimate of drug-likeness (QED) is 0.860. The Morgan fingerprint density at radius 2 is 2.26 bits per heavy atom. The molecule has 1 unspecified atom stereocenters. The maximum atomic E-state index is 11.6. The molecule has 19 heavy (non-hydrogen) atoms. The molecule has 2 rings (SSSR count). The Balaban J connectivity index is 1.93. The summed E-state index contributed by atoms with van der Waals surface area (Å²) in [6.45, 7) is 7.55. The van der Waals surface area contributed by atoms with Crippen LogP contribution in [0.25, 0.3) is 0 Å². The Morgan fingerprint density at radius 1 is 1.47 bits per heavy atom. The zero-order chi connectivity index (χ0) is 13.9. The predicted molar refractivity (Wildman–Crippen MR) is 74.3 cm³/mol. The number of carbonyl (C=O) groups is 1. The average molecular weight is 263 g/mol. The van der Waals surface area contributed by atoms with Crippen molar-refractivity contribution in [3.63, 3.8) is 0 Å². The molecule has 5 heteroatoms. The van der Waals surface area contributed by atoms with Crippen LogP contribution in [-0.2, 0) is 4.74 Å². The fourth-order valence-corrected chi connectivity index (χ4v) is 2.07. The molecule has 1 saturated heterocycles. The van der Waals surface area contributed by atoms with Crippen molar-refractivity contribution in [2.45, 2.75) is 38.7 Å². The first-order valence-electron chi connectivity index (χ1n) is 6.61.